The first-order chi connectivity index (χ1) is 19.5. The number of halogens is 1. The largest absolute Gasteiger partial charge is 0.456 e. The lowest BCUT2D eigenvalue weighted by Crippen LogP contribution is -2.43. The van der Waals surface area contributed by atoms with Crippen molar-refractivity contribution in [3.05, 3.63) is 71.2 Å². The quantitative estimate of drug-likeness (QED) is 0.366. The summed E-state index contributed by atoms with van der Waals surface area (Å²) in [7, 11) is 2.19. The normalized spacial score (nSPS) is 25.5. The number of H-pyrrole nitrogens is 1. The lowest BCUT2D eigenvalue weighted by atomic mass is 9.99. The number of nitrogens with one attached hydrogen (secondary N) is 1. The molecule has 3 aromatic carbocycles. The first-order valence-electron chi connectivity index (χ1n) is 13.9. The Balaban J connectivity index is 1.04. The number of aliphatic hydroxyl groups is 1. The molecule has 9 heteroatoms. The van der Waals surface area contributed by atoms with Gasteiger partial charge >= 0.3 is 0 Å². The number of imidazole rings is 1. The predicted octanol–water partition coefficient (Wildman–Crippen LogP) is 4.20. The fourth-order valence-electron chi connectivity index (χ4n) is 5.88. The molecule has 4 atom stereocenters. The Bertz CT molecular complexity index is 1480. The van der Waals surface area contributed by atoms with Gasteiger partial charge in [0.25, 0.3) is 6.01 Å². The summed E-state index contributed by atoms with van der Waals surface area (Å²) in [5, 5.41) is 10.6. The molecular weight excluding hydrogens is 528 g/mol. The van der Waals surface area contributed by atoms with E-state index in [2.05, 4.69) is 75.3 Å². The summed E-state index contributed by atoms with van der Waals surface area (Å²) in [6.07, 6.45) is -1.59. The molecule has 0 unspecified atom stereocenters. The van der Waals surface area contributed by atoms with E-state index in [1.54, 1.807) is 0 Å². The lowest BCUT2D eigenvalue weighted by molar-refractivity contribution is 0.00706. The van der Waals surface area contributed by atoms with E-state index < -0.39 is 6.10 Å². The zero-order valence-corrected chi connectivity index (χ0v) is 23.2. The second-order valence-electron chi connectivity index (χ2n) is 11.1. The maximum atomic E-state index is 9.98. The molecule has 0 bridgehead atoms. The number of fused-ring (bicyclic) bond motifs is 2. The molecule has 208 valence electrons. The Morgan fingerprint density at radius 2 is 1.60 bits per heavy atom. The summed E-state index contributed by atoms with van der Waals surface area (Å²) < 4.78 is 17.4. The molecule has 0 radical (unpaired) electrons. The maximum absolute atomic E-state index is 9.98. The zero-order chi connectivity index (χ0) is 27.2. The third-order valence-electron chi connectivity index (χ3n) is 8.28. The van der Waals surface area contributed by atoms with Crippen molar-refractivity contribution < 1.29 is 19.3 Å². The standard InChI is InChI=1S/C31H33ClN4O4/c1-35-10-12-36(13-11-35)16-19-2-4-20(5-3-19)21-6-8-22(9-7-21)23-14-25-26(15-24(23)32)34-31(33-25)40-28-18-39-29-27(37)17-38-30(28)29/h2-9,14-15,27-30,37H,10-13,16-18H2,1H3,(H,33,34)/t27-,28-,29-,30-/m1/s1. The van der Waals surface area contributed by atoms with Crippen LogP contribution in [0.4, 0.5) is 0 Å². The van der Waals surface area contributed by atoms with Crippen LogP contribution in [0.3, 0.4) is 0 Å². The van der Waals surface area contributed by atoms with Gasteiger partial charge in [-0.15, -0.1) is 0 Å². The van der Waals surface area contributed by atoms with E-state index >= 15 is 0 Å². The third-order valence-corrected chi connectivity index (χ3v) is 8.59. The van der Waals surface area contributed by atoms with Gasteiger partial charge in [0, 0.05) is 38.3 Å². The summed E-state index contributed by atoms with van der Waals surface area (Å²) in [4.78, 5) is 12.7. The van der Waals surface area contributed by atoms with E-state index in [0.717, 1.165) is 54.9 Å². The minimum Gasteiger partial charge on any atom is -0.456 e. The molecule has 0 spiro atoms. The summed E-state index contributed by atoms with van der Waals surface area (Å²) in [5.74, 6) is 0. The van der Waals surface area contributed by atoms with Gasteiger partial charge in [0.05, 0.1) is 29.3 Å². The van der Waals surface area contributed by atoms with Gasteiger partial charge in [-0.2, -0.15) is 4.98 Å². The highest BCUT2D eigenvalue weighted by Gasteiger charge is 2.48. The van der Waals surface area contributed by atoms with E-state index in [4.69, 9.17) is 25.8 Å². The van der Waals surface area contributed by atoms with Gasteiger partial charge in [0.2, 0.25) is 0 Å². The van der Waals surface area contributed by atoms with Gasteiger partial charge in [-0.25, -0.2) is 0 Å². The van der Waals surface area contributed by atoms with Crippen LogP contribution in [0.25, 0.3) is 33.3 Å². The molecule has 4 heterocycles. The van der Waals surface area contributed by atoms with Gasteiger partial charge in [0.15, 0.2) is 6.10 Å². The number of aliphatic hydroxyl groups excluding tert-OH is 1. The zero-order valence-electron chi connectivity index (χ0n) is 22.4. The van der Waals surface area contributed by atoms with Gasteiger partial charge in [-0.3, -0.25) is 4.90 Å². The average molecular weight is 561 g/mol. The van der Waals surface area contributed by atoms with Crippen molar-refractivity contribution in [1.82, 2.24) is 19.8 Å². The van der Waals surface area contributed by atoms with Gasteiger partial charge < -0.3 is 29.2 Å². The fraction of sp³-hybridized carbons (Fsp3) is 0.387. The Labute approximate surface area is 238 Å². The molecule has 0 amide bonds. The summed E-state index contributed by atoms with van der Waals surface area (Å²) in [6.45, 7) is 6.12. The van der Waals surface area contributed by atoms with Crippen LogP contribution in [0, 0.1) is 0 Å². The topological polar surface area (TPSA) is 83.1 Å². The summed E-state index contributed by atoms with van der Waals surface area (Å²) in [6, 6.07) is 21.6. The number of nitrogens with zero attached hydrogens (tertiary/aromatic N) is 3. The van der Waals surface area contributed by atoms with E-state index in [0.29, 0.717) is 17.6 Å². The monoisotopic (exact) mass is 560 g/mol. The smallest absolute Gasteiger partial charge is 0.295 e. The molecule has 1 aromatic heterocycles. The fourth-order valence-corrected chi connectivity index (χ4v) is 6.15. The first kappa shape index (κ1) is 26.0. The Hall–Kier alpha value is -2.98. The molecule has 2 N–H and O–H groups in total. The van der Waals surface area contributed by atoms with Crippen LogP contribution < -0.4 is 4.74 Å². The van der Waals surface area contributed by atoms with Crippen LogP contribution >= 0.6 is 11.6 Å². The number of hydrogen-bond acceptors (Lipinski definition) is 7. The minimum absolute atomic E-state index is 0.259. The van der Waals surface area contributed by atoms with Crippen molar-refractivity contribution >= 4 is 22.6 Å². The van der Waals surface area contributed by atoms with Crippen molar-refractivity contribution in [3.63, 3.8) is 0 Å². The van der Waals surface area contributed by atoms with Crippen LogP contribution in [0.1, 0.15) is 5.56 Å². The van der Waals surface area contributed by atoms with Crippen molar-refractivity contribution in [1.29, 1.82) is 0 Å². The Morgan fingerprint density at radius 3 is 2.35 bits per heavy atom. The second-order valence-corrected chi connectivity index (χ2v) is 11.5. The van der Waals surface area contributed by atoms with Crippen molar-refractivity contribution in [2.75, 3.05) is 46.4 Å². The van der Waals surface area contributed by atoms with Crippen LogP contribution in [0.5, 0.6) is 6.01 Å². The molecule has 0 saturated carbocycles. The lowest BCUT2D eigenvalue weighted by Gasteiger charge is -2.32. The molecule has 4 aromatic rings. The highest BCUT2D eigenvalue weighted by Crippen LogP contribution is 2.35. The average Bonchev–Trinajstić information content (AvgIpc) is 3.66. The molecule has 7 rings (SSSR count). The van der Waals surface area contributed by atoms with E-state index in [9.17, 15) is 5.11 Å². The minimum atomic E-state index is -0.617. The summed E-state index contributed by atoms with van der Waals surface area (Å²) >= 11 is 6.71. The number of aromatic nitrogens is 2. The van der Waals surface area contributed by atoms with Crippen LogP contribution in [0.2, 0.25) is 5.02 Å². The number of benzene rings is 3. The molecule has 0 aliphatic carbocycles. The second kappa shape index (κ2) is 10.8. The van der Waals surface area contributed by atoms with Crippen LogP contribution in [-0.2, 0) is 16.0 Å². The molecule has 3 aliphatic rings. The molecule has 3 aliphatic heterocycles. The van der Waals surface area contributed by atoms with Gasteiger partial charge in [-0.05, 0) is 41.4 Å². The number of hydrogen-bond donors (Lipinski definition) is 2. The summed E-state index contributed by atoms with van der Waals surface area (Å²) in [5.41, 5.74) is 7.19. The number of ether oxygens (including phenoxy) is 3. The predicted molar refractivity (Wildman–Crippen MR) is 155 cm³/mol. The molecule has 3 saturated heterocycles. The molecule has 8 nitrogen and oxygen atoms in total. The van der Waals surface area contributed by atoms with E-state index in [1.165, 1.54) is 16.7 Å². The van der Waals surface area contributed by atoms with Crippen molar-refractivity contribution in [2.45, 2.75) is 31.0 Å². The van der Waals surface area contributed by atoms with Gasteiger partial charge in [0.1, 0.15) is 18.3 Å². The SMILES string of the molecule is CN1CCN(Cc2ccc(-c3ccc(-c4cc5nc(O[C@@H]6CO[C@H]7[C@@H]6OC[C@H]7O)[nH]c5cc4Cl)cc3)cc2)CC1. The number of rotatable bonds is 6. The molecule has 40 heavy (non-hydrogen) atoms. The number of likely N-dealkylation sites (N-methyl/N-ethyl adjacent to an activating group) is 1. The number of piperazine rings is 1. The first-order valence-corrected chi connectivity index (χ1v) is 14.3. The highest BCUT2D eigenvalue weighted by molar-refractivity contribution is 6.34. The van der Waals surface area contributed by atoms with Crippen LogP contribution in [0.15, 0.2) is 60.7 Å². The third kappa shape index (κ3) is 5.11. The van der Waals surface area contributed by atoms with E-state index in [-0.39, 0.29) is 24.9 Å². The van der Waals surface area contributed by atoms with Crippen molar-refractivity contribution in [3.8, 4) is 28.3 Å². The highest BCUT2D eigenvalue weighted by atomic mass is 35.5. The Kier molecular flexibility index (Phi) is 6.99. The van der Waals surface area contributed by atoms with Crippen LogP contribution in [-0.4, -0.2) is 95.7 Å². The molecular formula is C31H33ClN4O4. The number of aromatic amines is 1. The molecule has 3 fully saturated rings. The van der Waals surface area contributed by atoms with Crippen molar-refractivity contribution in [2.24, 2.45) is 0 Å². The van der Waals surface area contributed by atoms with Gasteiger partial charge in [-0.1, -0.05) is 60.1 Å². The Morgan fingerprint density at radius 1 is 0.925 bits per heavy atom. The maximum Gasteiger partial charge on any atom is 0.295 e. The van der Waals surface area contributed by atoms with E-state index in [1.807, 2.05) is 12.1 Å².